The topological polar surface area (TPSA) is 127 Å². The van der Waals surface area contributed by atoms with E-state index in [1.54, 1.807) is 9.36 Å². The van der Waals surface area contributed by atoms with E-state index in [1.807, 2.05) is 98.8 Å². The molecule has 12 nitrogen and oxygen atoms in total. The predicted molar refractivity (Wildman–Crippen MR) is 171 cm³/mol. The highest BCUT2D eigenvalue weighted by molar-refractivity contribution is 6.03. The van der Waals surface area contributed by atoms with Crippen LogP contribution in [-0.2, 0) is 9.59 Å². The van der Waals surface area contributed by atoms with Gasteiger partial charge in [0.15, 0.2) is 0 Å². The van der Waals surface area contributed by atoms with Crippen LogP contribution in [0.3, 0.4) is 0 Å². The summed E-state index contributed by atoms with van der Waals surface area (Å²) in [6, 6.07) is 27.2. The van der Waals surface area contributed by atoms with Gasteiger partial charge in [-0.3, -0.25) is 9.59 Å². The van der Waals surface area contributed by atoms with Gasteiger partial charge in [-0.15, -0.1) is 10.2 Å². The molecule has 2 unspecified atom stereocenters. The molecule has 2 aromatic heterocycles. The zero-order valence-electron chi connectivity index (χ0n) is 25.9. The van der Waals surface area contributed by atoms with Crippen LogP contribution in [0.2, 0.25) is 0 Å². The lowest BCUT2D eigenvalue weighted by atomic mass is 10.00. The fourth-order valence-electron chi connectivity index (χ4n) is 6.17. The first-order valence-electron chi connectivity index (χ1n) is 15.1. The molecule has 2 aliphatic rings. The van der Waals surface area contributed by atoms with Crippen LogP contribution in [0.25, 0.3) is 11.4 Å². The van der Waals surface area contributed by atoms with Crippen LogP contribution < -0.4 is 0 Å². The van der Waals surface area contributed by atoms with Crippen molar-refractivity contribution < 1.29 is 9.59 Å². The normalized spacial score (nSPS) is 17.7. The molecule has 2 atom stereocenters. The summed E-state index contributed by atoms with van der Waals surface area (Å²) in [6.45, 7) is 6.94. The zero-order chi connectivity index (χ0) is 31.9. The van der Waals surface area contributed by atoms with Crippen molar-refractivity contribution in [1.29, 1.82) is 0 Å². The van der Waals surface area contributed by atoms with Gasteiger partial charge < -0.3 is 0 Å². The van der Waals surface area contributed by atoms with Crippen molar-refractivity contribution in [3.63, 3.8) is 0 Å². The first-order chi connectivity index (χ1) is 22.3. The molecule has 0 saturated heterocycles. The molecule has 4 heterocycles. The quantitative estimate of drug-likeness (QED) is 0.270. The Balaban J connectivity index is 1.12. The Kier molecular flexibility index (Phi) is 7.31. The first kappa shape index (κ1) is 29.0. The average Bonchev–Trinajstić information content (AvgIpc) is 3.87. The minimum Gasteiger partial charge on any atom is -0.273 e. The molecule has 2 aliphatic heterocycles. The van der Waals surface area contributed by atoms with Gasteiger partial charge in [0.1, 0.15) is 11.4 Å². The summed E-state index contributed by atoms with van der Waals surface area (Å²) < 4.78 is 3.53. The lowest BCUT2D eigenvalue weighted by Gasteiger charge is -2.20. The van der Waals surface area contributed by atoms with Crippen LogP contribution in [0.15, 0.2) is 95.1 Å². The number of rotatable bonds is 6. The van der Waals surface area contributed by atoms with E-state index in [-0.39, 0.29) is 23.9 Å². The van der Waals surface area contributed by atoms with Crippen LogP contribution in [0.4, 0.5) is 0 Å². The van der Waals surface area contributed by atoms with Gasteiger partial charge in [0.25, 0.3) is 0 Å². The Bertz CT molecular complexity index is 1850. The molecule has 0 aliphatic carbocycles. The molecular formula is C34H32N10O2. The summed E-state index contributed by atoms with van der Waals surface area (Å²) in [4.78, 5) is 24.9. The van der Waals surface area contributed by atoms with E-state index in [0.717, 1.165) is 45.3 Å². The second kappa shape index (κ2) is 11.6. The van der Waals surface area contributed by atoms with Crippen LogP contribution in [0.5, 0.6) is 0 Å². The maximum atomic E-state index is 12.4. The van der Waals surface area contributed by atoms with E-state index < -0.39 is 0 Å². The van der Waals surface area contributed by atoms with E-state index in [0.29, 0.717) is 24.2 Å². The lowest BCUT2D eigenvalue weighted by molar-refractivity contribution is -0.131. The summed E-state index contributed by atoms with van der Waals surface area (Å²) in [5.41, 5.74) is 8.12. The third-order valence-electron chi connectivity index (χ3n) is 8.51. The maximum absolute atomic E-state index is 12.4. The van der Waals surface area contributed by atoms with Crippen molar-refractivity contribution in [2.75, 3.05) is 0 Å². The van der Waals surface area contributed by atoms with Crippen molar-refractivity contribution >= 4 is 23.2 Å². The van der Waals surface area contributed by atoms with Crippen molar-refractivity contribution in [1.82, 2.24) is 40.0 Å². The minimum absolute atomic E-state index is 0.122. The fraction of sp³-hybridized carbons (Fsp3) is 0.235. The highest BCUT2D eigenvalue weighted by Crippen LogP contribution is 2.34. The molecule has 5 aromatic rings. The molecule has 12 heteroatoms. The maximum Gasteiger partial charge on any atom is 0.240 e. The monoisotopic (exact) mass is 612 g/mol. The minimum atomic E-state index is -0.182. The molecule has 0 spiro atoms. The van der Waals surface area contributed by atoms with Gasteiger partial charge in [-0.2, -0.15) is 10.2 Å². The Morgan fingerprint density at radius 2 is 0.957 bits per heavy atom. The molecule has 0 bridgehead atoms. The Hall–Kier alpha value is -5.78. The van der Waals surface area contributed by atoms with E-state index in [4.69, 9.17) is 0 Å². The Morgan fingerprint density at radius 3 is 1.30 bits per heavy atom. The van der Waals surface area contributed by atoms with E-state index >= 15 is 0 Å². The van der Waals surface area contributed by atoms with Gasteiger partial charge in [0.05, 0.1) is 46.3 Å². The molecule has 0 saturated carbocycles. The van der Waals surface area contributed by atoms with Crippen LogP contribution >= 0.6 is 0 Å². The highest BCUT2D eigenvalue weighted by Gasteiger charge is 2.35. The van der Waals surface area contributed by atoms with Crippen LogP contribution in [0, 0.1) is 13.8 Å². The largest absolute Gasteiger partial charge is 0.273 e. The van der Waals surface area contributed by atoms with Gasteiger partial charge in [-0.25, -0.2) is 19.4 Å². The average molecular weight is 613 g/mol. The Morgan fingerprint density at radius 1 is 0.587 bits per heavy atom. The standard InChI is InChI=1S/C34H32N10O2/c1-21-33(29-19-31(43(37-29)23(3)45)25-11-7-5-8-12-25)35-39-41(21)27-15-17-28(18-16-27)42-22(2)34(36-40-42)30-20-32(44(38-30)24(4)46)26-13-9-6-10-14-26/h5-18,31-32H,19-20H2,1-4H3. The number of carbonyl (C=O) groups excluding carboxylic acids is 2. The SMILES string of the molecule is CC(=O)N1N=C(c2nnn(-c3ccc(-n4nnc(C5=NN(C(C)=O)C(c6ccccc6)C5)c4C)cc3)c2C)CC1c1ccccc1. The Labute approximate surface area is 265 Å². The predicted octanol–water partition coefficient (Wildman–Crippen LogP) is 4.86. The number of amides is 2. The molecule has 0 N–H and O–H groups in total. The van der Waals surface area contributed by atoms with Gasteiger partial charge in [-0.1, -0.05) is 71.1 Å². The number of aromatic nitrogens is 6. The second-order valence-electron chi connectivity index (χ2n) is 11.5. The lowest BCUT2D eigenvalue weighted by Crippen LogP contribution is -2.24. The van der Waals surface area contributed by atoms with Gasteiger partial charge in [0, 0.05) is 26.7 Å². The third-order valence-corrected chi connectivity index (χ3v) is 8.51. The molecule has 0 fully saturated rings. The van der Waals surface area contributed by atoms with Crippen LogP contribution in [0.1, 0.15) is 72.7 Å². The fourth-order valence-corrected chi connectivity index (χ4v) is 6.17. The number of hydrogen-bond donors (Lipinski definition) is 0. The van der Waals surface area contributed by atoms with Crippen molar-refractivity contribution in [2.24, 2.45) is 10.2 Å². The summed E-state index contributed by atoms with van der Waals surface area (Å²) in [7, 11) is 0. The molecule has 46 heavy (non-hydrogen) atoms. The zero-order valence-corrected chi connectivity index (χ0v) is 25.9. The number of hydrogen-bond acceptors (Lipinski definition) is 8. The summed E-state index contributed by atoms with van der Waals surface area (Å²) in [5, 5.41) is 30.1. The molecule has 0 radical (unpaired) electrons. The highest BCUT2D eigenvalue weighted by atomic mass is 16.2. The molecule has 7 rings (SSSR count). The van der Waals surface area contributed by atoms with Crippen molar-refractivity contribution in [3.8, 4) is 11.4 Å². The molecule has 2 amide bonds. The van der Waals surface area contributed by atoms with Gasteiger partial charge in [-0.05, 0) is 49.2 Å². The summed E-state index contributed by atoms with van der Waals surface area (Å²) in [6.07, 6.45) is 1.11. The first-order valence-corrected chi connectivity index (χ1v) is 15.1. The molecular weight excluding hydrogens is 580 g/mol. The summed E-state index contributed by atoms with van der Waals surface area (Å²) in [5.74, 6) is -0.244. The van der Waals surface area contributed by atoms with E-state index in [2.05, 4.69) is 30.8 Å². The molecule has 230 valence electrons. The van der Waals surface area contributed by atoms with Crippen molar-refractivity contribution in [2.45, 2.75) is 52.6 Å². The number of carbonyl (C=O) groups is 2. The number of hydrazone groups is 2. The molecule has 3 aromatic carbocycles. The van der Waals surface area contributed by atoms with E-state index in [9.17, 15) is 9.59 Å². The number of nitrogens with zero attached hydrogens (tertiary/aromatic N) is 10. The smallest absolute Gasteiger partial charge is 0.240 e. The summed E-state index contributed by atoms with van der Waals surface area (Å²) >= 11 is 0. The number of benzene rings is 3. The van der Waals surface area contributed by atoms with Gasteiger partial charge >= 0.3 is 0 Å². The van der Waals surface area contributed by atoms with E-state index in [1.165, 1.54) is 23.9 Å². The van der Waals surface area contributed by atoms with Crippen LogP contribution in [-0.4, -0.2) is 63.2 Å². The van der Waals surface area contributed by atoms with Crippen molar-refractivity contribution in [3.05, 3.63) is 119 Å². The second-order valence-corrected chi connectivity index (χ2v) is 11.5. The third kappa shape index (κ3) is 5.07. The van der Waals surface area contributed by atoms with Gasteiger partial charge in [0.2, 0.25) is 11.8 Å².